The SMILES string of the molecule is CCCNC(c1ccc(Cl)cc1F)c1ccc(Cl)cc1F. The predicted octanol–water partition coefficient (Wildman–Crippen LogP) is 5.36. The Hall–Kier alpha value is -1.16. The second-order valence-corrected chi connectivity index (χ2v) is 5.59. The Kier molecular flexibility index (Phi) is 5.57. The van der Waals surface area contributed by atoms with Gasteiger partial charge in [0.25, 0.3) is 0 Å². The van der Waals surface area contributed by atoms with Gasteiger partial charge >= 0.3 is 0 Å². The van der Waals surface area contributed by atoms with Gasteiger partial charge in [0.2, 0.25) is 0 Å². The summed E-state index contributed by atoms with van der Waals surface area (Å²) in [6.45, 7) is 2.62. The van der Waals surface area contributed by atoms with E-state index in [0.717, 1.165) is 6.42 Å². The monoisotopic (exact) mass is 329 g/mol. The minimum atomic E-state index is -0.584. The Morgan fingerprint density at radius 3 is 1.81 bits per heavy atom. The molecule has 2 aromatic rings. The molecule has 0 unspecified atom stereocenters. The van der Waals surface area contributed by atoms with Gasteiger partial charge in [0.15, 0.2) is 0 Å². The number of hydrogen-bond acceptors (Lipinski definition) is 1. The first-order chi connectivity index (χ1) is 10.0. The molecule has 0 amide bonds. The summed E-state index contributed by atoms with van der Waals surface area (Å²) in [7, 11) is 0. The van der Waals surface area contributed by atoms with E-state index < -0.39 is 17.7 Å². The van der Waals surface area contributed by atoms with Crippen LogP contribution in [0.15, 0.2) is 36.4 Å². The number of benzene rings is 2. The average Bonchev–Trinajstić information content (AvgIpc) is 2.42. The van der Waals surface area contributed by atoms with E-state index in [0.29, 0.717) is 27.7 Å². The zero-order valence-corrected chi connectivity index (χ0v) is 13.0. The average molecular weight is 330 g/mol. The first kappa shape index (κ1) is 16.2. The van der Waals surface area contributed by atoms with Gasteiger partial charge in [-0.2, -0.15) is 0 Å². The summed E-state index contributed by atoms with van der Waals surface area (Å²) in [5.41, 5.74) is 0.711. The first-order valence-corrected chi connectivity index (χ1v) is 7.41. The highest BCUT2D eigenvalue weighted by atomic mass is 35.5. The van der Waals surface area contributed by atoms with Crippen molar-refractivity contribution in [2.24, 2.45) is 0 Å². The van der Waals surface area contributed by atoms with E-state index in [-0.39, 0.29) is 0 Å². The van der Waals surface area contributed by atoms with Crippen LogP contribution in [0.2, 0.25) is 10.0 Å². The number of rotatable bonds is 5. The van der Waals surface area contributed by atoms with Gasteiger partial charge in [0, 0.05) is 21.2 Å². The normalized spacial score (nSPS) is 11.1. The molecule has 0 fully saturated rings. The fourth-order valence-corrected chi connectivity index (χ4v) is 2.46. The molecule has 0 bridgehead atoms. The largest absolute Gasteiger partial charge is 0.306 e. The second kappa shape index (κ2) is 7.21. The van der Waals surface area contributed by atoms with Crippen molar-refractivity contribution in [3.63, 3.8) is 0 Å². The molecule has 0 radical (unpaired) electrons. The van der Waals surface area contributed by atoms with E-state index >= 15 is 0 Å². The molecule has 1 N–H and O–H groups in total. The molecular formula is C16H15Cl2F2N. The van der Waals surface area contributed by atoms with E-state index in [1.54, 1.807) is 24.3 Å². The van der Waals surface area contributed by atoms with Crippen molar-refractivity contribution in [3.05, 3.63) is 69.2 Å². The third-order valence-electron chi connectivity index (χ3n) is 3.15. The van der Waals surface area contributed by atoms with Gasteiger partial charge in [-0.25, -0.2) is 8.78 Å². The van der Waals surface area contributed by atoms with E-state index in [1.807, 2.05) is 6.92 Å². The van der Waals surface area contributed by atoms with Crippen molar-refractivity contribution in [3.8, 4) is 0 Å². The summed E-state index contributed by atoms with van der Waals surface area (Å²) in [6.07, 6.45) is 0.848. The fraction of sp³-hybridized carbons (Fsp3) is 0.250. The lowest BCUT2D eigenvalue weighted by Crippen LogP contribution is -2.25. The molecule has 112 valence electrons. The Bertz CT molecular complexity index is 580. The highest BCUT2D eigenvalue weighted by Gasteiger charge is 2.20. The third kappa shape index (κ3) is 3.94. The molecule has 0 atom stereocenters. The second-order valence-electron chi connectivity index (χ2n) is 4.72. The summed E-state index contributed by atoms with van der Waals surface area (Å²) in [4.78, 5) is 0. The number of hydrogen-bond donors (Lipinski definition) is 1. The Balaban J connectivity index is 2.46. The van der Waals surface area contributed by atoms with Crippen LogP contribution in [0.4, 0.5) is 8.78 Å². The van der Waals surface area contributed by atoms with Crippen molar-refractivity contribution in [2.75, 3.05) is 6.54 Å². The lowest BCUT2D eigenvalue weighted by Gasteiger charge is -2.21. The number of halogens is 4. The molecule has 0 aromatic heterocycles. The Morgan fingerprint density at radius 1 is 0.952 bits per heavy atom. The van der Waals surface area contributed by atoms with Crippen LogP contribution in [0, 0.1) is 11.6 Å². The molecule has 2 aromatic carbocycles. The van der Waals surface area contributed by atoms with Gasteiger partial charge in [0.1, 0.15) is 11.6 Å². The number of nitrogens with one attached hydrogen (secondary N) is 1. The van der Waals surface area contributed by atoms with E-state index in [1.165, 1.54) is 12.1 Å². The van der Waals surface area contributed by atoms with Crippen LogP contribution in [0.5, 0.6) is 0 Å². The lowest BCUT2D eigenvalue weighted by molar-refractivity contribution is 0.520. The Labute approximate surface area is 132 Å². The van der Waals surface area contributed by atoms with Crippen molar-refractivity contribution in [1.82, 2.24) is 5.32 Å². The zero-order valence-electron chi connectivity index (χ0n) is 11.5. The molecule has 1 nitrogen and oxygen atoms in total. The van der Waals surface area contributed by atoms with Gasteiger partial charge < -0.3 is 5.32 Å². The quantitative estimate of drug-likeness (QED) is 0.778. The van der Waals surface area contributed by atoms with Crippen LogP contribution in [-0.2, 0) is 0 Å². The van der Waals surface area contributed by atoms with Gasteiger partial charge in [-0.3, -0.25) is 0 Å². The molecule has 0 spiro atoms. The molecule has 0 heterocycles. The van der Waals surface area contributed by atoms with Crippen LogP contribution >= 0.6 is 23.2 Å². The maximum atomic E-state index is 14.2. The van der Waals surface area contributed by atoms with Crippen LogP contribution in [0.25, 0.3) is 0 Å². The van der Waals surface area contributed by atoms with Crippen molar-refractivity contribution >= 4 is 23.2 Å². The first-order valence-electron chi connectivity index (χ1n) is 6.66. The summed E-state index contributed by atoms with van der Waals surface area (Å²) < 4.78 is 28.3. The molecule has 5 heteroatoms. The standard InChI is InChI=1S/C16H15Cl2F2N/c1-2-7-21-16(12-5-3-10(17)8-14(12)19)13-6-4-11(18)9-15(13)20/h3-6,8-9,16,21H,2,7H2,1H3. The van der Waals surface area contributed by atoms with Crippen LogP contribution in [0.1, 0.15) is 30.5 Å². The maximum Gasteiger partial charge on any atom is 0.129 e. The smallest absolute Gasteiger partial charge is 0.129 e. The Morgan fingerprint density at radius 2 is 1.43 bits per heavy atom. The van der Waals surface area contributed by atoms with Gasteiger partial charge in [-0.1, -0.05) is 42.3 Å². The summed E-state index contributed by atoms with van der Waals surface area (Å²) in [6, 6.07) is 8.19. The van der Waals surface area contributed by atoms with E-state index in [4.69, 9.17) is 23.2 Å². The summed E-state index contributed by atoms with van der Waals surface area (Å²) >= 11 is 11.5. The molecule has 0 aliphatic rings. The van der Waals surface area contributed by atoms with Crippen LogP contribution < -0.4 is 5.32 Å². The molecule has 2 rings (SSSR count). The third-order valence-corrected chi connectivity index (χ3v) is 3.62. The summed E-state index contributed by atoms with van der Waals surface area (Å²) in [5.74, 6) is -0.934. The van der Waals surface area contributed by atoms with Gasteiger partial charge in [-0.05, 0) is 37.2 Å². The predicted molar refractivity (Wildman–Crippen MR) is 83.0 cm³/mol. The molecular weight excluding hydrogens is 315 g/mol. The summed E-state index contributed by atoms with van der Waals surface area (Å²) in [5, 5.41) is 3.77. The molecule has 0 saturated heterocycles. The van der Waals surface area contributed by atoms with Gasteiger partial charge in [-0.15, -0.1) is 0 Å². The van der Waals surface area contributed by atoms with Crippen molar-refractivity contribution < 1.29 is 8.78 Å². The highest BCUT2D eigenvalue weighted by Crippen LogP contribution is 2.29. The zero-order chi connectivity index (χ0) is 15.4. The lowest BCUT2D eigenvalue weighted by atomic mass is 9.97. The molecule has 0 saturated carbocycles. The maximum absolute atomic E-state index is 14.2. The minimum Gasteiger partial charge on any atom is -0.306 e. The van der Waals surface area contributed by atoms with E-state index in [9.17, 15) is 8.78 Å². The molecule has 0 aliphatic heterocycles. The van der Waals surface area contributed by atoms with Gasteiger partial charge in [0.05, 0.1) is 6.04 Å². The van der Waals surface area contributed by atoms with E-state index in [2.05, 4.69) is 5.32 Å². The minimum absolute atomic E-state index is 0.307. The molecule has 0 aliphatic carbocycles. The highest BCUT2D eigenvalue weighted by molar-refractivity contribution is 6.30. The molecule has 21 heavy (non-hydrogen) atoms. The fourth-order valence-electron chi connectivity index (χ4n) is 2.15. The van der Waals surface area contributed by atoms with Crippen molar-refractivity contribution in [2.45, 2.75) is 19.4 Å². The topological polar surface area (TPSA) is 12.0 Å². The van der Waals surface area contributed by atoms with Crippen LogP contribution in [-0.4, -0.2) is 6.54 Å². The van der Waals surface area contributed by atoms with Crippen LogP contribution in [0.3, 0.4) is 0 Å². The van der Waals surface area contributed by atoms with Crippen molar-refractivity contribution in [1.29, 1.82) is 0 Å².